The van der Waals surface area contributed by atoms with E-state index in [9.17, 15) is 13.2 Å². The molecule has 19 heavy (non-hydrogen) atoms. The monoisotopic (exact) mass is 293 g/mol. The van der Waals surface area contributed by atoms with Crippen molar-refractivity contribution in [2.24, 2.45) is 0 Å². The molecule has 2 heterocycles. The molecule has 0 unspecified atom stereocenters. The topological polar surface area (TPSA) is 29.8 Å². The molecular weight excluding hydrogens is 279 g/mol. The molecule has 0 atom stereocenters. The first-order valence-electron chi connectivity index (χ1n) is 5.67. The lowest BCUT2D eigenvalue weighted by Crippen LogP contribution is -2.36. The second kappa shape index (κ2) is 5.89. The highest BCUT2D eigenvalue weighted by atomic mass is 32.1. The SMILES string of the molecule is COCCN(Cc1cn2ccsc2n1)CC(F)(F)F. The summed E-state index contributed by atoms with van der Waals surface area (Å²) in [6, 6.07) is 0. The van der Waals surface area contributed by atoms with E-state index in [0.717, 1.165) is 4.96 Å². The molecule has 0 aromatic carbocycles. The summed E-state index contributed by atoms with van der Waals surface area (Å²) >= 11 is 1.45. The maximum absolute atomic E-state index is 12.5. The average molecular weight is 293 g/mol. The Hall–Kier alpha value is -1.12. The van der Waals surface area contributed by atoms with Gasteiger partial charge in [-0.05, 0) is 0 Å². The number of hydrogen-bond donors (Lipinski definition) is 0. The van der Waals surface area contributed by atoms with Gasteiger partial charge in [-0.1, -0.05) is 0 Å². The first kappa shape index (κ1) is 14.3. The summed E-state index contributed by atoms with van der Waals surface area (Å²) in [5.41, 5.74) is 0.632. The third kappa shape index (κ3) is 4.19. The molecule has 0 aliphatic carbocycles. The van der Waals surface area contributed by atoms with Crippen molar-refractivity contribution in [1.29, 1.82) is 0 Å². The molecule has 0 aliphatic rings. The number of aromatic nitrogens is 2. The number of nitrogens with zero attached hydrogens (tertiary/aromatic N) is 3. The lowest BCUT2D eigenvalue weighted by atomic mass is 10.4. The highest BCUT2D eigenvalue weighted by Gasteiger charge is 2.30. The second-order valence-corrected chi connectivity index (χ2v) is 5.02. The van der Waals surface area contributed by atoms with Crippen molar-refractivity contribution in [1.82, 2.24) is 14.3 Å². The van der Waals surface area contributed by atoms with Gasteiger partial charge in [0, 0.05) is 38.0 Å². The fourth-order valence-electron chi connectivity index (χ4n) is 1.77. The molecule has 0 spiro atoms. The second-order valence-electron chi connectivity index (χ2n) is 4.14. The van der Waals surface area contributed by atoms with Gasteiger partial charge in [-0.2, -0.15) is 13.2 Å². The highest BCUT2D eigenvalue weighted by Crippen LogP contribution is 2.18. The van der Waals surface area contributed by atoms with Crippen LogP contribution in [0.15, 0.2) is 17.8 Å². The number of fused-ring (bicyclic) bond motifs is 1. The standard InChI is InChI=1S/C11H14F3N3OS/c1-18-4-2-16(8-11(12,13)14)6-9-7-17-3-5-19-10(17)15-9/h3,5,7H,2,4,6,8H2,1H3. The van der Waals surface area contributed by atoms with E-state index < -0.39 is 12.7 Å². The number of thiazole rings is 1. The summed E-state index contributed by atoms with van der Waals surface area (Å²) in [7, 11) is 1.47. The number of hydrogen-bond acceptors (Lipinski definition) is 4. The molecule has 0 bridgehead atoms. The number of imidazole rings is 1. The number of methoxy groups -OCH3 is 1. The largest absolute Gasteiger partial charge is 0.401 e. The van der Waals surface area contributed by atoms with Gasteiger partial charge in [-0.15, -0.1) is 11.3 Å². The maximum Gasteiger partial charge on any atom is 0.401 e. The Morgan fingerprint density at radius 3 is 2.89 bits per heavy atom. The molecule has 106 valence electrons. The molecule has 4 nitrogen and oxygen atoms in total. The molecule has 0 N–H and O–H groups in total. The smallest absolute Gasteiger partial charge is 0.383 e. The summed E-state index contributed by atoms with van der Waals surface area (Å²) in [6.45, 7) is -0.307. The van der Waals surface area contributed by atoms with Gasteiger partial charge in [-0.3, -0.25) is 9.30 Å². The summed E-state index contributed by atoms with van der Waals surface area (Å²) in [6.07, 6.45) is -0.632. The van der Waals surface area contributed by atoms with Crippen molar-refractivity contribution in [2.45, 2.75) is 12.7 Å². The van der Waals surface area contributed by atoms with Gasteiger partial charge in [0.25, 0.3) is 0 Å². The van der Waals surface area contributed by atoms with Crippen molar-refractivity contribution in [3.63, 3.8) is 0 Å². The third-order valence-electron chi connectivity index (χ3n) is 2.54. The van der Waals surface area contributed by atoms with Crippen molar-refractivity contribution >= 4 is 16.3 Å². The Morgan fingerprint density at radius 1 is 1.47 bits per heavy atom. The van der Waals surface area contributed by atoms with E-state index >= 15 is 0 Å². The van der Waals surface area contributed by atoms with Gasteiger partial charge in [0.15, 0.2) is 4.96 Å². The van der Waals surface area contributed by atoms with E-state index in [1.807, 2.05) is 16.0 Å². The Kier molecular flexibility index (Phi) is 4.43. The van der Waals surface area contributed by atoms with E-state index in [4.69, 9.17) is 4.74 Å². The van der Waals surface area contributed by atoms with Crippen molar-refractivity contribution in [3.05, 3.63) is 23.5 Å². The first-order chi connectivity index (χ1) is 8.98. The normalized spacial score (nSPS) is 12.7. The van der Waals surface area contributed by atoms with Gasteiger partial charge in [-0.25, -0.2) is 4.98 Å². The van der Waals surface area contributed by atoms with Crippen LogP contribution < -0.4 is 0 Å². The molecule has 2 aromatic heterocycles. The molecular formula is C11H14F3N3OS. The van der Waals surface area contributed by atoms with E-state index in [1.165, 1.54) is 23.3 Å². The Bertz CT molecular complexity index is 494. The summed E-state index contributed by atoms with van der Waals surface area (Å²) in [5.74, 6) is 0. The number of halogens is 3. The minimum absolute atomic E-state index is 0.164. The van der Waals surface area contributed by atoms with Gasteiger partial charge < -0.3 is 4.74 Å². The minimum Gasteiger partial charge on any atom is -0.383 e. The zero-order chi connectivity index (χ0) is 13.9. The van der Waals surface area contributed by atoms with Crippen LogP contribution in [-0.2, 0) is 11.3 Å². The van der Waals surface area contributed by atoms with Crippen LogP contribution in [0.2, 0.25) is 0 Å². The van der Waals surface area contributed by atoms with Crippen LogP contribution in [0.5, 0.6) is 0 Å². The number of rotatable bonds is 6. The Labute approximate surface area is 112 Å². The Balaban J connectivity index is 2.03. The molecule has 2 aromatic rings. The predicted octanol–water partition coefficient (Wildman–Crippen LogP) is 2.41. The van der Waals surface area contributed by atoms with Gasteiger partial charge in [0.05, 0.1) is 18.8 Å². The van der Waals surface area contributed by atoms with Crippen LogP contribution in [0.3, 0.4) is 0 Å². The fourth-order valence-corrected chi connectivity index (χ4v) is 2.49. The van der Waals surface area contributed by atoms with Gasteiger partial charge in [0.1, 0.15) is 0 Å². The molecule has 0 saturated carbocycles. The fraction of sp³-hybridized carbons (Fsp3) is 0.545. The molecule has 0 saturated heterocycles. The van der Waals surface area contributed by atoms with Crippen LogP contribution in [-0.4, -0.2) is 47.3 Å². The first-order valence-corrected chi connectivity index (χ1v) is 6.55. The lowest BCUT2D eigenvalue weighted by molar-refractivity contribution is -0.148. The Morgan fingerprint density at radius 2 is 2.26 bits per heavy atom. The molecule has 8 heteroatoms. The van der Waals surface area contributed by atoms with Crippen molar-refractivity contribution < 1.29 is 17.9 Å². The average Bonchev–Trinajstić information content (AvgIpc) is 2.84. The van der Waals surface area contributed by atoms with Crippen LogP contribution >= 0.6 is 11.3 Å². The molecule has 0 fully saturated rings. The highest BCUT2D eigenvalue weighted by molar-refractivity contribution is 7.15. The van der Waals surface area contributed by atoms with Gasteiger partial charge in [0.2, 0.25) is 0 Å². The maximum atomic E-state index is 12.5. The van der Waals surface area contributed by atoms with E-state index in [-0.39, 0.29) is 19.7 Å². The molecule has 0 aliphatic heterocycles. The molecule has 2 rings (SSSR count). The molecule has 0 radical (unpaired) electrons. The van der Waals surface area contributed by atoms with Crippen LogP contribution in [0.4, 0.5) is 13.2 Å². The summed E-state index contributed by atoms with van der Waals surface area (Å²) < 4.78 is 44.1. The quantitative estimate of drug-likeness (QED) is 0.819. The number of alkyl halides is 3. The van der Waals surface area contributed by atoms with E-state index in [1.54, 1.807) is 6.20 Å². The van der Waals surface area contributed by atoms with Crippen LogP contribution in [0, 0.1) is 0 Å². The zero-order valence-corrected chi connectivity index (χ0v) is 11.2. The number of ether oxygens (including phenoxy) is 1. The summed E-state index contributed by atoms with van der Waals surface area (Å²) in [5, 5.41) is 1.88. The minimum atomic E-state index is -4.22. The van der Waals surface area contributed by atoms with Crippen molar-refractivity contribution in [2.75, 3.05) is 26.8 Å². The summed E-state index contributed by atoms with van der Waals surface area (Å²) in [4.78, 5) is 6.36. The lowest BCUT2D eigenvalue weighted by Gasteiger charge is -2.22. The van der Waals surface area contributed by atoms with Crippen LogP contribution in [0.1, 0.15) is 5.69 Å². The third-order valence-corrected chi connectivity index (χ3v) is 3.31. The van der Waals surface area contributed by atoms with Gasteiger partial charge >= 0.3 is 6.18 Å². The van der Waals surface area contributed by atoms with E-state index in [2.05, 4.69) is 4.98 Å². The van der Waals surface area contributed by atoms with Crippen molar-refractivity contribution in [3.8, 4) is 0 Å². The zero-order valence-electron chi connectivity index (χ0n) is 10.4. The van der Waals surface area contributed by atoms with E-state index in [0.29, 0.717) is 5.69 Å². The molecule has 0 amide bonds. The van der Waals surface area contributed by atoms with Crippen LogP contribution in [0.25, 0.3) is 4.96 Å². The predicted molar refractivity (Wildman–Crippen MR) is 66.3 cm³/mol.